The molecule has 26 heavy (non-hydrogen) atoms. The minimum atomic E-state index is -0.247. The van der Waals surface area contributed by atoms with E-state index in [1.165, 1.54) is 10.2 Å². The number of benzene rings is 2. The van der Waals surface area contributed by atoms with Gasteiger partial charge in [0.1, 0.15) is 0 Å². The van der Waals surface area contributed by atoms with Gasteiger partial charge in [-0.2, -0.15) is 5.10 Å². The van der Waals surface area contributed by atoms with E-state index in [1.54, 1.807) is 18.2 Å². The standard InChI is InChI=1S/C21H23N3O2/c1-15(2)24-21(26)18-13-7-6-12-17(18)19(23-24)20(25)22-14-8-11-16-9-4-3-5-10-16/h3-7,9-10,12-13,15H,8,11,14H2,1-2H3,(H,22,25). The number of hydrogen-bond donors (Lipinski definition) is 1. The maximum atomic E-state index is 12.7. The molecule has 1 N–H and O–H groups in total. The van der Waals surface area contributed by atoms with Crippen molar-refractivity contribution in [3.8, 4) is 0 Å². The number of hydrogen-bond acceptors (Lipinski definition) is 3. The summed E-state index contributed by atoms with van der Waals surface area (Å²) in [5.74, 6) is -0.247. The van der Waals surface area contributed by atoms with Crippen LogP contribution < -0.4 is 10.9 Å². The minimum Gasteiger partial charge on any atom is -0.351 e. The third-order valence-electron chi connectivity index (χ3n) is 4.30. The Kier molecular flexibility index (Phi) is 5.46. The monoisotopic (exact) mass is 349 g/mol. The fourth-order valence-corrected chi connectivity index (χ4v) is 2.95. The summed E-state index contributed by atoms with van der Waals surface area (Å²) in [4.78, 5) is 25.2. The van der Waals surface area contributed by atoms with Crippen LogP contribution in [-0.2, 0) is 6.42 Å². The van der Waals surface area contributed by atoms with Crippen molar-refractivity contribution in [2.45, 2.75) is 32.7 Å². The van der Waals surface area contributed by atoms with Crippen molar-refractivity contribution in [1.82, 2.24) is 15.1 Å². The lowest BCUT2D eigenvalue weighted by Crippen LogP contribution is -2.32. The topological polar surface area (TPSA) is 64.0 Å². The lowest BCUT2D eigenvalue weighted by Gasteiger charge is -2.13. The van der Waals surface area contributed by atoms with Gasteiger partial charge >= 0.3 is 0 Å². The van der Waals surface area contributed by atoms with Crippen LogP contribution in [0.1, 0.15) is 42.4 Å². The fraction of sp³-hybridized carbons (Fsp3) is 0.286. The van der Waals surface area contributed by atoms with Crippen LogP contribution in [0.15, 0.2) is 59.4 Å². The summed E-state index contributed by atoms with van der Waals surface area (Å²) in [7, 11) is 0. The van der Waals surface area contributed by atoms with E-state index in [2.05, 4.69) is 22.5 Å². The highest BCUT2D eigenvalue weighted by Gasteiger charge is 2.17. The van der Waals surface area contributed by atoms with Crippen molar-refractivity contribution in [3.05, 3.63) is 76.2 Å². The molecule has 0 saturated carbocycles. The lowest BCUT2D eigenvalue weighted by molar-refractivity contribution is 0.0947. The molecule has 5 heteroatoms. The Bertz CT molecular complexity index is 962. The van der Waals surface area contributed by atoms with E-state index >= 15 is 0 Å². The SMILES string of the molecule is CC(C)n1nc(C(=O)NCCCc2ccccc2)c2ccccc2c1=O. The number of carbonyl (C=O) groups excluding carboxylic acids is 1. The van der Waals surface area contributed by atoms with Gasteiger partial charge in [-0.1, -0.05) is 48.5 Å². The predicted molar refractivity (Wildman–Crippen MR) is 103 cm³/mol. The Balaban J connectivity index is 1.77. The van der Waals surface area contributed by atoms with Crippen molar-refractivity contribution in [3.63, 3.8) is 0 Å². The van der Waals surface area contributed by atoms with Gasteiger partial charge in [-0.3, -0.25) is 9.59 Å². The van der Waals surface area contributed by atoms with Crippen molar-refractivity contribution in [2.24, 2.45) is 0 Å². The van der Waals surface area contributed by atoms with Gasteiger partial charge < -0.3 is 5.32 Å². The van der Waals surface area contributed by atoms with Gasteiger partial charge in [0, 0.05) is 11.9 Å². The zero-order chi connectivity index (χ0) is 18.5. The van der Waals surface area contributed by atoms with Crippen molar-refractivity contribution in [2.75, 3.05) is 6.54 Å². The molecule has 0 spiro atoms. The molecule has 0 saturated heterocycles. The van der Waals surface area contributed by atoms with Crippen LogP contribution in [0.2, 0.25) is 0 Å². The molecule has 0 aliphatic rings. The first-order valence-corrected chi connectivity index (χ1v) is 8.91. The summed E-state index contributed by atoms with van der Waals surface area (Å²) in [5, 5.41) is 8.37. The first kappa shape index (κ1) is 17.9. The predicted octanol–water partition coefficient (Wildman–Crippen LogP) is 3.34. The maximum absolute atomic E-state index is 12.7. The summed E-state index contributed by atoms with van der Waals surface area (Å²) < 4.78 is 1.38. The number of amides is 1. The molecule has 3 rings (SSSR count). The third-order valence-corrected chi connectivity index (χ3v) is 4.30. The number of carbonyl (C=O) groups is 1. The van der Waals surface area contributed by atoms with Gasteiger partial charge in [-0.15, -0.1) is 0 Å². The molecule has 5 nitrogen and oxygen atoms in total. The third kappa shape index (κ3) is 3.82. The minimum absolute atomic E-state index is 0.114. The molecule has 0 aliphatic heterocycles. The van der Waals surface area contributed by atoms with Crippen molar-refractivity contribution >= 4 is 16.7 Å². The van der Waals surface area contributed by atoms with Gasteiger partial charge in [-0.05, 0) is 38.3 Å². The molecule has 0 bridgehead atoms. The van der Waals surface area contributed by atoms with Gasteiger partial charge in [-0.25, -0.2) is 4.68 Å². The van der Waals surface area contributed by atoms with E-state index in [9.17, 15) is 9.59 Å². The number of nitrogens with zero attached hydrogens (tertiary/aromatic N) is 2. The molecule has 0 aliphatic carbocycles. The van der Waals surface area contributed by atoms with Crippen LogP contribution in [0, 0.1) is 0 Å². The van der Waals surface area contributed by atoms with E-state index in [1.807, 2.05) is 38.1 Å². The molecule has 0 atom stereocenters. The zero-order valence-corrected chi connectivity index (χ0v) is 15.1. The van der Waals surface area contributed by atoms with Crippen molar-refractivity contribution < 1.29 is 4.79 Å². The molecule has 2 aromatic carbocycles. The Labute approximate surface area is 152 Å². The van der Waals surface area contributed by atoms with Gasteiger partial charge in [0.15, 0.2) is 5.69 Å². The average Bonchev–Trinajstić information content (AvgIpc) is 2.66. The van der Waals surface area contributed by atoms with Crippen LogP contribution >= 0.6 is 0 Å². The first-order chi connectivity index (χ1) is 12.6. The second-order valence-corrected chi connectivity index (χ2v) is 6.58. The van der Waals surface area contributed by atoms with E-state index in [0.717, 1.165) is 12.8 Å². The summed E-state index contributed by atoms with van der Waals surface area (Å²) in [6.07, 6.45) is 1.75. The molecule has 0 fully saturated rings. The Morgan fingerprint density at radius 2 is 1.69 bits per heavy atom. The molecule has 134 valence electrons. The van der Waals surface area contributed by atoms with Crippen LogP contribution in [-0.4, -0.2) is 22.2 Å². The molecule has 0 radical (unpaired) electrons. The molecule has 1 heterocycles. The molecule has 1 aromatic heterocycles. The Morgan fingerprint density at radius 1 is 1.04 bits per heavy atom. The molecular formula is C21H23N3O2. The van der Waals surface area contributed by atoms with Crippen LogP contribution in [0.3, 0.4) is 0 Å². The number of aromatic nitrogens is 2. The number of nitrogens with one attached hydrogen (secondary N) is 1. The largest absolute Gasteiger partial charge is 0.351 e. The normalized spacial score (nSPS) is 11.0. The summed E-state index contributed by atoms with van der Waals surface area (Å²) in [6, 6.07) is 17.2. The molecule has 3 aromatic rings. The highest BCUT2D eigenvalue weighted by atomic mass is 16.2. The summed E-state index contributed by atoms with van der Waals surface area (Å²) in [6.45, 7) is 4.32. The van der Waals surface area contributed by atoms with Crippen LogP contribution in [0.4, 0.5) is 0 Å². The summed E-state index contributed by atoms with van der Waals surface area (Å²) >= 11 is 0. The van der Waals surface area contributed by atoms with Crippen molar-refractivity contribution in [1.29, 1.82) is 0 Å². The van der Waals surface area contributed by atoms with Gasteiger partial charge in [0.25, 0.3) is 11.5 Å². The molecule has 1 amide bonds. The average molecular weight is 349 g/mol. The van der Waals surface area contributed by atoms with E-state index in [4.69, 9.17) is 0 Å². The van der Waals surface area contributed by atoms with Gasteiger partial charge in [0.05, 0.1) is 11.4 Å². The van der Waals surface area contributed by atoms with E-state index in [0.29, 0.717) is 23.0 Å². The lowest BCUT2D eigenvalue weighted by atomic mass is 10.1. The quantitative estimate of drug-likeness (QED) is 0.694. The summed E-state index contributed by atoms with van der Waals surface area (Å²) in [5.41, 5.74) is 1.38. The van der Waals surface area contributed by atoms with Crippen LogP contribution in [0.25, 0.3) is 10.8 Å². The highest BCUT2D eigenvalue weighted by Crippen LogP contribution is 2.14. The Hall–Kier alpha value is -2.95. The smallest absolute Gasteiger partial charge is 0.274 e. The van der Waals surface area contributed by atoms with E-state index < -0.39 is 0 Å². The number of rotatable bonds is 6. The molecule has 0 unspecified atom stereocenters. The zero-order valence-electron chi connectivity index (χ0n) is 15.1. The highest BCUT2D eigenvalue weighted by molar-refractivity contribution is 6.04. The Morgan fingerprint density at radius 3 is 2.38 bits per heavy atom. The second-order valence-electron chi connectivity index (χ2n) is 6.58. The maximum Gasteiger partial charge on any atom is 0.274 e. The first-order valence-electron chi connectivity index (χ1n) is 8.91. The van der Waals surface area contributed by atoms with Gasteiger partial charge in [0.2, 0.25) is 0 Å². The number of fused-ring (bicyclic) bond motifs is 1. The fourth-order valence-electron chi connectivity index (χ4n) is 2.95. The second kappa shape index (κ2) is 7.95. The van der Waals surface area contributed by atoms with Crippen LogP contribution in [0.5, 0.6) is 0 Å². The van der Waals surface area contributed by atoms with E-state index in [-0.39, 0.29) is 17.5 Å². The molecular weight excluding hydrogens is 326 g/mol. The number of aryl methyl sites for hydroxylation is 1.